The number of ether oxygens (including phenoxy) is 1. The molecular formula is C16H22O3. The van der Waals surface area contributed by atoms with E-state index in [1.807, 2.05) is 24.3 Å². The Morgan fingerprint density at radius 2 is 1.32 bits per heavy atom. The molecule has 0 aromatic heterocycles. The van der Waals surface area contributed by atoms with Gasteiger partial charge >= 0.3 is 11.9 Å². The molecule has 0 unspecified atom stereocenters. The number of rotatable bonds is 2. The van der Waals surface area contributed by atoms with Crippen molar-refractivity contribution in [3.05, 3.63) is 24.3 Å². The van der Waals surface area contributed by atoms with Crippen molar-refractivity contribution in [2.24, 2.45) is 23.7 Å². The van der Waals surface area contributed by atoms with Crippen LogP contribution in [0.5, 0.6) is 0 Å². The van der Waals surface area contributed by atoms with E-state index in [2.05, 4.69) is 13.8 Å². The Bertz CT molecular complexity index is 370. The Kier molecular flexibility index (Phi) is 4.56. The van der Waals surface area contributed by atoms with Crippen molar-refractivity contribution in [3.63, 3.8) is 0 Å². The maximum absolute atomic E-state index is 12.0. The lowest BCUT2D eigenvalue weighted by Crippen LogP contribution is -2.28. The van der Waals surface area contributed by atoms with Gasteiger partial charge in [0.25, 0.3) is 0 Å². The second-order valence-corrected chi connectivity index (χ2v) is 5.96. The first-order valence-electron chi connectivity index (χ1n) is 7.15. The van der Waals surface area contributed by atoms with E-state index in [1.165, 1.54) is 0 Å². The van der Waals surface area contributed by atoms with E-state index in [0.717, 1.165) is 25.7 Å². The van der Waals surface area contributed by atoms with Gasteiger partial charge in [-0.3, -0.25) is 9.59 Å². The molecule has 19 heavy (non-hydrogen) atoms. The highest BCUT2D eigenvalue weighted by Gasteiger charge is 2.28. The molecule has 0 bridgehead atoms. The molecule has 0 aliphatic heterocycles. The number of esters is 2. The Hall–Kier alpha value is -1.38. The quantitative estimate of drug-likeness (QED) is 0.436. The predicted octanol–water partition coefficient (Wildman–Crippen LogP) is 3.26. The Labute approximate surface area is 114 Å². The lowest BCUT2D eigenvalue weighted by atomic mass is 9.87. The smallest absolute Gasteiger partial charge is 0.320 e. The van der Waals surface area contributed by atoms with Crippen LogP contribution in [-0.2, 0) is 14.3 Å². The van der Waals surface area contributed by atoms with E-state index in [0.29, 0.717) is 11.8 Å². The molecule has 0 saturated carbocycles. The van der Waals surface area contributed by atoms with Crippen LogP contribution in [0.3, 0.4) is 0 Å². The molecule has 2 aliphatic rings. The average Bonchev–Trinajstić information content (AvgIpc) is 2.38. The molecular weight excluding hydrogens is 240 g/mol. The van der Waals surface area contributed by atoms with E-state index >= 15 is 0 Å². The maximum Gasteiger partial charge on any atom is 0.320 e. The van der Waals surface area contributed by atoms with Crippen LogP contribution in [0.25, 0.3) is 0 Å². The normalized spacial score (nSPS) is 34.0. The van der Waals surface area contributed by atoms with Crippen LogP contribution >= 0.6 is 0 Å². The number of hydrogen-bond acceptors (Lipinski definition) is 3. The molecule has 4 atom stereocenters. The van der Waals surface area contributed by atoms with Gasteiger partial charge < -0.3 is 4.74 Å². The summed E-state index contributed by atoms with van der Waals surface area (Å²) in [5.74, 6) is -0.325. The van der Waals surface area contributed by atoms with Gasteiger partial charge in [0.05, 0.1) is 11.8 Å². The van der Waals surface area contributed by atoms with E-state index in [-0.39, 0.29) is 23.8 Å². The summed E-state index contributed by atoms with van der Waals surface area (Å²) in [7, 11) is 0. The number of carbonyl (C=O) groups excluding carboxylic acids is 2. The highest BCUT2D eigenvalue weighted by atomic mass is 16.6. The Balaban J connectivity index is 1.90. The molecule has 0 fully saturated rings. The third-order valence-corrected chi connectivity index (χ3v) is 3.93. The minimum atomic E-state index is -0.389. The summed E-state index contributed by atoms with van der Waals surface area (Å²) in [6.07, 6.45) is 11.3. The largest absolute Gasteiger partial charge is 0.392 e. The molecule has 0 aromatic rings. The molecule has 2 aliphatic carbocycles. The van der Waals surface area contributed by atoms with Crippen LogP contribution in [0.4, 0.5) is 0 Å². The van der Waals surface area contributed by atoms with Crippen molar-refractivity contribution in [3.8, 4) is 0 Å². The second-order valence-electron chi connectivity index (χ2n) is 5.96. The van der Waals surface area contributed by atoms with Crippen LogP contribution in [0, 0.1) is 23.7 Å². The lowest BCUT2D eigenvalue weighted by molar-refractivity contribution is -0.164. The average molecular weight is 262 g/mol. The van der Waals surface area contributed by atoms with Crippen LogP contribution < -0.4 is 0 Å². The third-order valence-electron chi connectivity index (χ3n) is 3.93. The molecule has 0 aromatic carbocycles. The monoisotopic (exact) mass is 262 g/mol. The van der Waals surface area contributed by atoms with Gasteiger partial charge in [-0.2, -0.15) is 0 Å². The number of carbonyl (C=O) groups is 2. The molecule has 0 spiro atoms. The maximum atomic E-state index is 12.0. The topological polar surface area (TPSA) is 43.4 Å². The van der Waals surface area contributed by atoms with Crippen molar-refractivity contribution in [2.75, 3.05) is 0 Å². The van der Waals surface area contributed by atoms with Crippen molar-refractivity contribution in [1.29, 1.82) is 0 Å². The zero-order chi connectivity index (χ0) is 13.8. The fourth-order valence-electron chi connectivity index (χ4n) is 2.77. The molecule has 3 nitrogen and oxygen atoms in total. The van der Waals surface area contributed by atoms with E-state index < -0.39 is 0 Å². The first-order chi connectivity index (χ1) is 9.06. The summed E-state index contributed by atoms with van der Waals surface area (Å²) in [5, 5.41) is 0. The summed E-state index contributed by atoms with van der Waals surface area (Å²) < 4.78 is 5.05. The summed E-state index contributed by atoms with van der Waals surface area (Å²) in [6, 6.07) is 0. The van der Waals surface area contributed by atoms with Crippen LogP contribution in [0.1, 0.15) is 39.5 Å². The zero-order valence-electron chi connectivity index (χ0n) is 11.7. The van der Waals surface area contributed by atoms with Gasteiger partial charge in [-0.1, -0.05) is 38.2 Å². The Morgan fingerprint density at radius 1 is 0.895 bits per heavy atom. The van der Waals surface area contributed by atoms with Gasteiger partial charge in [0.1, 0.15) is 0 Å². The molecule has 0 saturated heterocycles. The minimum absolute atomic E-state index is 0.252. The van der Waals surface area contributed by atoms with Crippen molar-refractivity contribution in [2.45, 2.75) is 39.5 Å². The molecule has 104 valence electrons. The first kappa shape index (κ1) is 14.0. The van der Waals surface area contributed by atoms with Gasteiger partial charge in [-0.15, -0.1) is 0 Å². The third kappa shape index (κ3) is 3.79. The molecule has 0 N–H and O–H groups in total. The lowest BCUT2D eigenvalue weighted by Gasteiger charge is -2.22. The van der Waals surface area contributed by atoms with Gasteiger partial charge in [-0.05, 0) is 37.5 Å². The van der Waals surface area contributed by atoms with Crippen molar-refractivity contribution in [1.82, 2.24) is 0 Å². The van der Waals surface area contributed by atoms with Gasteiger partial charge in [0.2, 0.25) is 0 Å². The highest BCUT2D eigenvalue weighted by Crippen LogP contribution is 2.26. The fraction of sp³-hybridized carbons (Fsp3) is 0.625. The van der Waals surface area contributed by atoms with Crippen LogP contribution in [0.15, 0.2) is 24.3 Å². The van der Waals surface area contributed by atoms with Crippen molar-refractivity contribution >= 4 is 11.9 Å². The van der Waals surface area contributed by atoms with Crippen LogP contribution in [-0.4, -0.2) is 11.9 Å². The second kappa shape index (κ2) is 6.18. The minimum Gasteiger partial charge on any atom is -0.392 e. The van der Waals surface area contributed by atoms with E-state index in [1.54, 1.807) is 0 Å². The zero-order valence-corrected chi connectivity index (χ0v) is 11.7. The van der Waals surface area contributed by atoms with Crippen molar-refractivity contribution < 1.29 is 14.3 Å². The van der Waals surface area contributed by atoms with Gasteiger partial charge in [0.15, 0.2) is 0 Å². The molecule has 2 rings (SSSR count). The predicted molar refractivity (Wildman–Crippen MR) is 73.2 cm³/mol. The molecule has 0 radical (unpaired) electrons. The Morgan fingerprint density at radius 3 is 1.68 bits per heavy atom. The number of allylic oxidation sites excluding steroid dienone is 2. The van der Waals surface area contributed by atoms with Crippen LogP contribution in [0.2, 0.25) is 0 Å². The van der Waals surface area contributed by atoms with E-state index in [9.17, 15) is 9.59 Å². The standard InChI is InChI=1S/C16H22O3/c1-11-5-3-7-13(9-11)15(17)19-16(18)14-8-4-6-12(2)10-14/h3-4,7-8,11-14H,5-6,9-10H2,1-2H3/t11-,12-,13-,14-/m0/s1. The fourth-order valence-corrected chi connectivity index (χ4v) is 2.77. The highest BCUT2D eigenvalue weighted by molar-refractivity contribution is 5.89. The SMILES string of the molecule is C[C@H]1CC=C[C@H](C(=O)OC(=O)[C@H]2C=CC[C@H](C)C2)C1. The number of hydrogen-bond donors (Lipinski definition) is 0. The van der Waals surface area contributed by atoms with Gasteiger partial charge in [0, 0.05) is 0 Å². The van der Waals surface area contributed by atoms with Gasteiger partial charge in [-0.25, -0.2) is 0 Å². The molecule has 0 heterocycles. The summed E-state index contributed by atoms with van der Waals surface area (Å²) in [5.41, 5.74) is 0. The molecule has 0 amide bonds. The molecule has 3 heteroatoms. The summed E-state index contributed by atoms with van der Waals surface area (Å²) in [4.78, 5) is 23.9. The summed E-state index contributed by atoms with van der Waals surface area (Å²) in [6.45, 7) is 4.22. The first-order valence-corrected chi connectivity index (χ1v) is 7.15. The summed E-state index contributed by atoms with van der Waals surface area (Å²) >= 11 is 0. The van der Waals surface area contributed by atoms with E-state index in [4.69, 9.17) is 4.74 Å².